The topological polar surface area (TPSA) is 42.6 Å². The molecule has 0 amide bonds. The SMILES string of the molecule is CCN=C1SC(=C(c2ccc(N(C)c3ccccc3)cc2)c2ccc(N(C)c3ccccc3)cc2)C(c2ccccc2)=C1C#N. The summed E-state index contributed by atoms with van der Waals surface area (Å²) in [5.74, 6) is 0. The van der Waals surface area contributed by atoms with Crippen molar-refractivity contribution in [2.24, 2.45) is 4.99 Å². The number of nitrogens with zero attached hydrogens (tertiary/aromatic N) is 4. The molecule has 0 saturated carbocycles. The van der Waals surface area contributed by atoms with Gasteiger partial charge in [0, 0.05) is 59.4 Å². The zero-order valence-electron chi connectivity index (χ0n) is 25.7. The number of anilines is 4. The number of hydrogen-bond acceptors (Lipinski definition) is 5. The van der Waals surface area contributed by atoms with Gasteiger partial charge in [-0.15, -0.1) is 0 Å². The highest BCUT2D eigenvalue weighted by Gasteiger charge is 2.31. The fraction of sp³-hybridized carbons (Fsp3) is 0.100. The lowest BCUT2D eigenvalue weighted by Crippen LogP contribution is -2.09. The minimum atomic E-state index is 0.610. The van der Waals surface area contributed by atoms with Gasteiger partial charge in [0.1, 0.15) is 11.1 Å². The first-order chi connectivity index (χ1) is 22.1. The summed E-state index contributed by atoms with van der Waals surface area (Å²) in [6.07, 6.45) is 0. The van der Waals surface area contributed by atoms with Crippen molar-refractivity contribution in [3.8, 4) is 6.07 Å². The Balaban J connectivity index is 1.51. The monoisotopic (exact) mass is 602 g/mol. The van der Waals surface area contributed by atoms with E-state index in [0.29, 0.717) is 12.1 Å². The van der Waals surface area contributed by atoms with E-state index in [2.05, 4.69) is 139 Å². The van der Waals surface area contributed by atoms with Crippen molar-refractivity contribution in [2.45, 2.75) is 6.92 Å². The van der Waals surface area contributed by atoms with E-state index in [1.807, 2.05) is 37.3 Å². The quantitative estimate of drug-likeness (QED) is 0.177. The van der Waals surface area contributed by atoms with Crippen LogP contribution in [0.4, 0.5) is 22.7 Å². The molecule has 6 rings (SSSR count). The van der Waals surface area contributed by atoms with Crippen LogP contribution in [0.1, 0.15) is 23.6 Å². The number of benzene rings is 5. The van der Waals surface area contributed by atoms with Crippen LogP contribution < -0.4 is 9.80 Å². The predicted octanol–water partition coefficient (Wildman–Crippen LogP) is 10.1. The van der Waals surface area contributed by atoms with Crippen molar-refractivity contribution in [1.82, 2.24) is 0 Å². The average molecular weight is 603 g/mol. The van der Waals surface area contributed by atoms with E-state index in [4.69, 9.17) is 4.99 Å². The second-order valence-electron chi connectivity index (χ2n) is 10.7. The highest BCUT2D eigenvalue weighted by atomic mass is 32.2. The second-order valence-corrected chi connectivity index (χ2v) is 11.7. The van der Waals surface area contributed by atoms with Crippen LogP contribution in [0.15, 0.2) is 155 Å². The van der Waals surface area contributed by atoms with E-state index in [1.165, 1.54) is 0 Å². The van der Waals surface area contributed by atoms with Crippen molar-refractivity contribution >= 4 is 50.7 Å². The number of para-hydroxylation sites is 2. The molecular formula is C40H34N4S. The molecule has 0 saturated heterocycles. The van der Waals surface area contributed by atoms with Crippen LogP contribution in [0.3, 0.4) is 0 Å². The van der Waals surface area contributed by atoms with Gasteiger partial charge in [0.2, 0.25) is 0 Å². The van der Waals surface area contributed by atoms with Gasteiger partial charge in [-0.05, 0) is 72.1 Å². The van der Waals surface area contributed by atoms with Crippen molar-refractivity contribution < 1.29 is 0 Å². The minimum absolute atomic E-state index is 0.610. The molecule has 0 unspecified atom stereocenters. The van der Waals surface area contributed by atoms with E-state index < -0.39 is 0 Å². The molecule has 0 aliphatic carbocycles. The largest absolute Gasteiger partial charge is 0.345 e. The van der Waals surface area contributed by atoms with E-state index in [1.54, 1.807) is 11.8 Å². The molecule has 0 bridgehead atoms. The van der Waals surface area contributed by atoms with Gasteiger partial charge in [-0.1, -0.05) is 103 Å². The molecule has 0 atom stereocenters. The Morgan fingerprint density at radius 1 is 0.622 bits per heavy atom. The first-order valence-electron chi connectivity index (χ1n) is 15.0. The third-order valence-electron chi connectivity index (χ3n) is 7.97. The first-order valence-corrected chi connectivity index (χ1v) is 15.9. The molecule has 5 aromatic rings. The number of allylic oxidation sites excluding steroid dienone is 1. The standard InChI is InChI=1S/C40H34N4S/c1-4-42-40-36(28-41)38(29-14-8-5-9-15-29)39(45-40)37(30-20-24-34(25-21-30)43(2)32-16-10-6-11-17-32)31-22-26-35(27-23-31)44(3)33-18-12-7-13-19-33/h5-27H,4H2,1-3H3. The lowest BCUT2D eigenvalue weighted by molar-refractivity contribution is 1.14. The van der Waals surface area contributed by atoms with Gasteiger partial charge in [0.25, 0.3) is 0 Å². The molecule has 0 N–H and O–H groups in total. The highest BCUT2D eigenvalue weighted by molar-refractivity contribution is 8.19. The average Bonchev–Trinajstić information content (AvgIpc) is 3.47. The summed E-state index contributed by atoms with van der Waals surface area (Å²) in [4.78, 5) is 10.2. The summed E-state index contributed by atoms with van der Waals surface area (Å²) in [6.45, 7) is 2.62. The molecule has 0 radical (unpaired) electrons. The fourth-order valence-electron chi connectivity index (χ4n) is 5.57. The Hall–Kier alpha value is -5.31. The van der Waals surface area contributed by atoms with Gasteiger partial charge < -0.3 is 9.80 Å². The summed E-state index contributed by atoms with van der Waals surface area (Å²) in [7, 11) is 4.17. The molecular weight excluding hydrogens is 569 g/mol. The van der Waals surface area contributed by atoms with Crippen molar-refractivity contribution in [1.29, 1.82) is 5.26 Å². The third-order valence-corrected chi connectivity index (χ3v) is 9.11. The third kappa shape index (κ3) is 6.20. The van der Waals surface area contributed by atoms with Gasteiger partial charge >= 0.3 is 0 Å². The lowest BCUT2D eigenvalue weighted by Gasteiger charge is -2.22. The molecule has 1 aliphatic heterocycles. The fourth-order valence-corrected chi connectivity index (χ4v) is 6.86. The van der Waals surface area contributed by atoms with Gasteiger partial charge in [-0.25, -0.2) is 0 Å². The molecule has 0 fully saturated rings. The van der Waals surface area contributed by atoms with Crippen molar-refractivity contribution in [3.05, 3.63) is 167 Å². The summed E-state index contributed by atoms with van der Waals surface area (Å²) in [5.41, 5.74) is 10.2. The first kappa shape index (κ1) is 29.7. The molecule has 5 heteroatoms. The van der Waals surface area contributed by atoms with Gasteiger partial charge in [-0.2, -0.15) is 5.26 Å². The second kappa shape index (κ2) is 13.5. The smallest absolute Gasteiger partial charge is 0.114 e. The van der Waals surface area contributed by atoms with Crippen molar-refractivity contribution in [2.75, 3.05) is 30.4 Å². The number of hydrogen-bond donors (Lipinski definition) is 0. The van der Waals surface area contributed by atoms with Crippen LogP contribution in [0, 0.1) is 11.3 Å². The highest BCUT2D eigenvalue weighted by Crippen LogP contribution is 2.49. The maximum atomic E-state index is 10.4. The van der Waals surface area contributed by atoms with Gasteiger partial charge in [-0.3, -0.25) is 4.99 Å². The summed E-state index contributed by atoms with van der Waals surface area (Å²) >= 11 is 1.60. The zero-order valence-corrected chi connectivity index (χ0v) is 26.5. The normalized spacial score (nSPS) is 13.6. The van der Waals surface area contributed by atoms with Crippen LogP contribution in [-0.2, 0) is 0 Å². The Kier molecular flexibility index (Phi) is 8.96. The van der Waals surface area contributed by atoms with Gasteiger partial charge in [0.15, 0.2) is 0 Å². The summed E-state index contributed by atoms with van der Waals surface area (Å²) < 4.78 is 0. The molecule has 0 spiro atoms. The van der Waals surface area contributed by atoms with Crippen LogP contribution in [0.5, 0.6) is 0 Å². The number of aliphatic imine (C=N–C) groups is 1. The number of nitriles is 1. The van der Waals surface area contributed by atoms with Crippen molar-refractivity contribution in [3.63, 3.8) is 0 Å². The Morgan fingerprint density at radius 2 is 1.04 bits per heavy atom. The maximum absolute atomic E-state index is 10.4. The Bertz CT molecular complexity index is 1810. The molecule has 220 valence electrons. The van der Waals surface area contributed by atoms with E-state index in [9.17, 15) is 5.26 Å². The number of thioether (sulfide) groups is 1. The molecule has 4 nitrogen and oxygen atoms in total. The van der Waals surface area contributed by atoms with E-state index in [-0.39, 0.29) is 0 Å². The predicted molar refractivity (Wildman–Crippen MR) is 192 cm³/mol. The van der Waals surface area contributed by atoms with Crippen LogP contribution in [0.2, 0.25) is 0 Å². The molecule has 1 heterocycles. The molecule has 45 heavy (non-hydrogen) atoms. The Morgan fingerprint density at radius 3 is 1.47 bits per heavy atom. The maximum Gasteiger partial charge on any atom is 0.114 e. The van der Waals surface area contributed by atoms with E-state index in [0.717, 1.165) is 60.5 Å². The molecule has 5 aromatic carbocycles. The summed E-state index contributed by atoms with van der Waals surface area (Å²) in [5, 5.41) is 11.2. The van der Waals surface area contributed by atoms with Crippen LogP contribution in [0.25, 0.3) is 11.1 Å². The van der Waals surface area contributed by atoms with E-state index >= 15 is 0 Å². The lowest BCUT2D eigenvalue weighted by atomic mass is 9.91. The Labute approximate surface area is 270 Å². The molecule has 0 aromatic heterocycles. The number of rotatable bonds is 8. The molecule has 1 aliphatic rings. The zero-order chi connectivity index (χ0) is 31.2. The summed E-state index contributed by atoms with van der Waals surface area (Å²) in [6, 6.07) is 50.8. The van der Waals surface area contributed by atoms with Gasteiger partial charge in [0.05, 0.1) is 5.57 Å². The van der Waals surface area contributed by atoms with Crippen LogP contribution >= 0.6 is 11.8 Å². The minimum Gasteiger partial charge on any atom is -0.345 e. The van der Waals surface area contributed by atoms with Crippen LogP contribution in [-0.4, -0.2) is 25.7 Å².